The molecule has 6 rings (SSSR count). The van der Waals surface area contributed by atoms with Crippen LogP contribution in [0, 0.1) is 34.2 Å². The Morgan fingerprint density at radius 1 is 0.932 bits per heavy atom. The Morgan fingerprint density at radius 3 is 2.39 bits per heavy atom. The molecule has 11 heteroatoms. The normalized spacial score (nSPS) is 13.8. The van der Waals surface area contributed by atoms with E-state index in [0.717, 1.165) is 12.1 Å². The molecule has 0 amide bonds. The van der Waals surface area contributed by atoms with Crippen molar-refractivity contribution in [2.45, 2.75) is 38.7 Å². The number of aliphatic hydroxyl groups is 2. The lowest BCUT2D eigenvalue weighted by Crippen LogP contribution is -2.16. The first kappa shape index (κ1) is 29.3. The van der Waals surface area contributed by atoms with Crippen LogP contribution in [0.1, 0.15) is 47.2 Å². The number of fused-ring (bicyclic) bond motifs is 1. The average Bonchev–Trinajstić information content (AvgIpc) is 3.72. The van der Waals surface area contributed by atoms with E-state index in [1.807, 2.05) is 6.07 Å². The van der Waals surface area contributed by atoms with Gasteiger partial charge in [-0.1, -0.05) is 24.3 Å². The molecule has 5 aromatic rings. The Bertz CT molecular complexity index is 1910. The Balaban J connectivity index is 1.25. The van der Waals surface area contributed by atoms with Crippen molar-refractivity contribution in [3.63, 3.8) is 0 Å². The van der Waals surface area contributed by atoms with E-state index >= 15 is 4.39 Å². The minimum absolute atomic E-state index is 0.0223. The summed E-state index contributed by atoms with van der Waals surface area (Å²) in [5, 5.41) is 28.1. The van der Waals surface area contributed by atoms with Crippen molar-refractivity contribution in [3.8, 4) is 23.2 Å². The Kier molecular flexibility index (Phi) is 7.80. The molecule has 3 aromatic carbocycles. The summed E-state index contributed by atoms with van der Waals surface area (Å²) in [5.74, 6) is -1.37. The van der Waals surface area contributed by atoms with E-state index in [1.165, 1.54) is 24.3 Å². The maximum absolute atomic E-state index is 15.5. The van der Waals surface area contributed by atoms with E-state index in [0.29, 0.717) is 41.0 Å². The summed E-state index contributed by atoms with van der Waals surface area (Å²) >= 11 is 0. The highest BCUT2D eigenvalue weighted by Gasteiger charge is 2.44. The van der Waals surface area contributed by atoms with Crippen molar-refractivity contribution in [1.82, 2.24) is 14.5 Å². The third-order valence-corrected chi connectivity index (χ3v) is 7.94. The molecule has 44 heavy (non-hydrogen) atoms. The molecule has 0 bridgehead atoms. The highest BCUT2D eigenvalue weighted by Crippen LogP contribution is 2.48. The van der Waals surface area contributed by atoms with Crippen LogP contribution in [0.3, 0.4) is 0 Å². The molecule has 0 aliphatic heterocycles. The smallest absolute Gasteiger partial charge is 0.214 e. The van der Waals surface area contributed by atoms with Gasteiger partial charge in [0.05, 0.1) is 35.0 Å². The second-order valence-electron chi connectivity index (χ2n) is 11.0. The van der Waals surface area contributed by atoms with E-state index in [2.05, 4.69) is 9.97 Å². The third-order valence-electron chi connectivity index (χ3n) is 7.94. The molecular formula is C33H26F4N4O3. The summed E-state index contributed by atoms with van der Waals surface area (Å²) in [7, 11) is 0. The van der Waals surface area contributed by atoms with Gasteiger partial charge >= 0.3 is 0 Å². The standard InChI is InChI=1S/C33H26F4N4O3/c34-17-33(8-9-33)18-41-29-13-23(32(42)43)26(37)14-28(29)39-30(41)12-20-6-7-21(11-25(20)36)27-2-1-3-31(40-27)44-16-22-5-4-19(15-38)10-24(22)35/h1-7,10-11,13-14,32,42-43H,8-9,12,16-18H2. The van der Waals surface area contributed by atoms with Gasteiger partial charge in [0.15, 0.2) is 6.29 Å². The van der Waals surface area contributed by atoms with Gasteiger partial charge in [0, 0.05) is 47.2 Å². The molecule has 0 spiro atoms. The first-order chi connectivity index (χ1) is 21.2. The number of rotatable bonds is 10. The number of hydrogen-bond acceptors (Lipinski definition) is 6. The van der Waals surface area contributed by atoms with E-state index in [-0.39, 0.29) is 47.7 Å². The number of pyridine rings is 1. The van der Waals surface area contributed by atoms with Gasteiger partial charge in [-0.25, -0.2) is 23.1 Å². The molecule has 0 unspecified atom stereocenters. The number of nitriles is 1. The molecule has 2 aromatic heterocycles. The fourth-order valence-corrected chi connectivity index (χ4v) is 5.13. The van der Waals surface area contributed by atoms with Crippen molar-refractivity contribution in [2.75, 3.05) is 6.67 Å². The molecule has 1 aliphatic carbocycles. The van der Waals surface area contributed by atoms with Crippen LogP contribution in [0.25, 0.3) is 22.3 Å². The first-order valence-corrected chi connectivity index (χ1v) is 13.9. The van der Waals surface area contributed by atoms with Gasteiger partial charge in [-0.3, -0.25) is 4.39 Å². The number of halogens is 4. The molecule has 1 saturated carbocycles. The van der Waals surface area contributed by atoms with E-state index in [4.69, 9.17) is 10.00 Å². The monoisotopic (exact) mass is 602 g/mol. The van der Waals surface area contributed by atoms with Gasteiger partial charge in [-0.15, -0.1) is 0 Å². The highest BCUT2D eigenvalue weighted by atomic mass is 19.1. The molecule has 2 heterocycles. The van der Waals surface area contributed by atoms with Crippen molar-refractivity contribution < 1.29 is 32.5 Å². The predicted molar refractivity (Wildman–Crippen MR) is 152 cm³/mol. The maximum Gasteiger partial charge on any atom is 0.214 e. The lowest BCUT2D eigenvalue weighted by atomic mass is 10.0. The van der Waals surface area contributed by atoms with Crippen LogP contribution in [0.4, 0.5) is 17.6 Å². The lowest BCUT2D eigenvalue weighted by molar-refractivity contribution is -0.0448. The first-order valence-electron chi connectivity index (χ1n) is 13.9. The number of alkyl halides is 1. The Hall–Kier alpha value is -4.79. The summed E-state index contributed by atoms with van der Waals surface area (Å²) in [4.78, 5) is 8.92. The molecule has 1 aliphatic rings. The molecule has 0 radical (unpaired) electrons. The molecule has 0 atom stereocenters. The topological polar surface area (TPSA) is 104 Å². The zero-order valence-corrected chi connectivity index (χ0v) is 23.3. The number of hydrogen-bond donors (Lipinski definition) is 2. The van der Waals surface area contributed by atoms with Crippen LogP contribution >= 0.6 is 0 Å². The van der Waals surface area contributed by atoms with Crippen molar-refractivity contribution >= 4 is 11.0 Å². The SMILES string of the molecule is N#Cc1ccc(COc2cccc(-c3ccc(Cc4nc5cc(F)c(C(O)O)cc5n4CC4(CF)CC4)c(F)c3)n2)c(F)c1. The van der Waals surface area contributed by atoms with E-state index < -0.39 is 35.8 Å². The Labute approximate surface area is 249 Å². The van der Waals surface area contributed by atoms with Crippen molar-refractivity contribution in [3.05, 3.63) is 112 Å². The fourth-order valence-electron chi connectivity index (χ4n) is 5.13. The molecular weight excluding hydrogens is 576 g/mol. The number of aliphatic hydroxyl groups excluding tert-OH is 1. The van der Waals surface area contributed by atoms with Crippen LogP contribution in [0.5, 0.6) is 5.88 Å². The lowest BCUT2D eigenvalue weighted by Gasteiger charge is -2.16. The van der Waals surface area contributed by atoms with Crippen LogP contribution in [0.15, 0.2) is 66.7 Å². The number of nitrogens with zero attached hydrogens (tertiary/aromatic N) is 4. The van der Waals surface area contributed by atoms with Crippen LogP contribution in [0.2, 0.25) is 0 Å². The van der Waals surface area contributed by atoms with Gasteiger partial charge in [0.1, 0.15) is 29.9 Å². The number of ether oxygens (including phenoxy) is 1. The molecule has 0 saturated heterocycles. The second kappa shape index (κ2) is 11.7. The van der Waals surface area contributed by atoms with Gasteiger partial charge < -0.3 is 19.5 Å². The summed E-state index contributed by atoms with van der Waals surface area (Å²) in [6.45, 7) is -0.427. The zero-order valence-electron chi connectivity index (χ0n) is 23.3. The largest absolute Gasteiger partial charge is 0.473 e. The molecule has 224 valence electrons. The van der Waals surface area contributed by atoms with Crippen LogP contribution in [-0.4, -0.2) is 31.4 Å². The van der Waals surface area contributed by atoms with Crippen LogP contribution < -0.4 is 4.74 Å². The summed E-state index contributed by atoms with van der Waals surface area (Å²) in [5.41, 5.74) is 1.38. The number of aromatic nitrogens is 3. The second-order valence-corrected chi connectivity index (χ2v) is 11.0. The highest BCUT2D eigenvalue weighted by molar-refractivity contribution is 5.77. The summed E-state index contributed by atoms with van der Waals surface area (Å²) < 4.78 is 65.4. The van der Waals surface area contributed by atoms with Gasteiger partial charge in [0.2, 0.25) is 5.88 Å². The summed E-state index contributed by atoms with van der Waals surface area (Å²) in [6.07, 6.45) is -0.683. The maximum atomic E-state index is 15.5. The fraction of sp³-hybridized carbons (Fsp3) is 0.242. The van der Waals surface area contributed by atoms with Gasteiger partial charge in [0.25, 0.3) is 0 Å². The predicted octanol–water partition coefficient (Wildman–Crippen LogP) is 6.29. The molecule has 7 nitrogen and oxygen atoms in total. The molecule has 1 fully saturated rings. The quantitative estimate of drug-likeness (QED) is 0.144. The number of benzene rings is 3. The van der Waals surface area contributed by atoms with Gasteiger partial charge in [-0.05, 0) is 48.7 Å². The van der Waals surface area contributed by atoms with Gasteiger partial charge in [-0.2, -0.15) is 5.26 Å². The van der Waals surface area contributed by atoms with Crippen LogP contribution in [-0.2, 0) is 19.6 Å². The molecule has 2 N–H and O–H groups in total. The van der Waals surface area contributed by atoms with E-state index in [9.17, 15) is 23.4 Å². The van der Waals surface area contributed by atoms with Crippen molar-refractivity contribution in [1.29, 1.82) is 5.26 Å². The average molecular weight is 603 g/mol. The third kappa shape index (κ3) is 5.86. The Morgan fingerprint density at radius 2 is 1.70 bits per heavy atom. The summed E-state index contributed by atoms with van der Waals surface area (Å²) in [6, 6.07) is 17.9. The number of imidazole rings is 1. The minimum Gasteiger partial charge on any atom is -0.473 e. The zero-order chi connectivity index (χ0) is 31.0. The van der Waals surface area contributed by atoms with Crippen molar-refractivity contribution in [2.24, 2.45) is 5.41 Å². The minimum atomic E-state index is -2.04. The van der Waals surface area contributed by atoms with E-state index in [1.54, 1.807) is 34.9 Å².